The summed E-state index contributed by atoms with van der Waals surface area (Å²) in [6, 6.07) is 13.3. The van der Waals surface area contributed by atoms with Crippen molar-refractivity contribution in [2.24, 2.45) is 0 Å². The molecule has 0 aliphatic heterocycles. The molecule has 28 heavy (non-hydrogen) atoms. The molecule has 2 N–H and O–H groups in total. The van der Waals surface area contributed by atoms with Gasteiger partial charge in [0.15, 0.2) is 12.3 Å². The zero-order chi connectivity index (χ0) is 19.9. The van der Waals surface area contributed by atoms with Gasteiger partial charge in [-0.05, 0) is 48.4 Å². The Labute approximate surface area is 172 Å². The van der Waals surface area contributed by atoms with Crippen molar-refractivity contribution < 1.29 is 19.1 Å². The van der Waals surface area contributed by atoms with Gasteiger partial charge in [0.2, 0.25) is 5.89 Å². The zero-order valence-corrected chi connectivity index (χ0v) is 16.3. The van der Waals surface area contributed by atoms with Crippen LogP contribution in [0, 0.1) is 0 Å². The number of hydrogen-bond donors (Lipinski definition) is 2. The van der Waals surface area contributed by atoms with Gasteiger partial charge in [0, 0.05) is 11.6 Å². The lowest BCUT2D eigenvalue weighted by Crippen LogP contribution is -2.16. The molecule has 0 fully saturated rings. The van der Waals surface area contributed by atoms with E-state index >= 15 is 0 Å². The molecule has 1 aromatic heterocycles. The summed E-state index contributed by atoms with van der Waals surface area (Å²) in [7, 11) is 0. The fraction of sp³-hybridized carbons (Fsp3) is 0.200. The van der Waals surface area contributed by atoms with Crippen LogP contribution in [0.15, 0.2) is 53.1 Å². The van der Waals surface area contributed by atoms with Gasteiger partial charge in [0.05, 0.1) is 5.02 Å². The molecule has 0 radical (unpaired) electrons. The molecule has 0 spiro atoms. The number of carboxylic acid groups (broad SMARTS) is 1. The Morgan fingerprint density at radius 1 is 1.18 bits per heavy atom. The highest BCUT2D eigenvalue weighted by Gasteiger charge is 2.12. The monoisotopic (exact) mass is 420 g/mol. The predicted octanol–water partition coefficient (Wildman–Crippen LogP) is 4.59. The molecule has 0 amide bonds. The second kappa shape index (κ2) is 9.59. The lowest BCUT2D eigenvalue weighted by molar-refractivity contribution is 0.0690. The van der Waals surface area contributed by atoms with E-state index in [1.807, 2.05) is 36.4 Å². The normalized spacial score (nSPS) is 10.8. The number of nitrogens with one attached hydrogen (secondary N) is 1. The predicted molar refractivity (Wildman–Crippen MR) is 106 cm³/mol. The van der Waals surface area contributed by atoms with Crippen LogP contribution < -0.4 is 10.1 Å². The third kappa shape index (κ3) is 5.73. The van der Waals surface area contributed by atoms with Crippen molar-refractivity contribution in [3.05, 3.63) is 81.5 Å². The summed E-state index contributed by atoms with van der Waals surface area (Å²) in [6.07, 6.45) is 1.94. The third-order valence-electron chi connectivity index (χ3n) is 3.93. The number of aromatic nitrogens is 1. The molecule has 3 rings (SSSR count). The van der Waals surface area contributed by atoms with Crippen LogP contribution in [-0.4, -0.2) is 22.6 Å². The number of benzene rings is 2. The highest BCUT2D eigenvalue weighted by molar-refractivity contribution is 6.32. The number of carbonyl (C=O) groups is 1. The van der Waals surface area contributed by atoms with Crippen LogP contribution in [0.5, 0.6) is 5.75 Å². The van der Waals surface area contributed by atoms with Gasteiger partial charge in [-0.2, -0.15) is 0 Å². The summed E-state index contributed by atoms with van der Waals surface area (Å²) < 4.78 is 10.7. The highest BCUT2D eigenvalue weighted by atomic mass is 35.5. The van der Waals surface area contributed by atoms with Crippen LogP contribution in [0.1, 0.15) is 27.5 Å². The fourth-order valence-electron chi connectivity index (χ4n) is 2.54. The Morgan fingerprint density at radius 3 is 2.79 bits per heavy atom. The second-order valence-electron chi connectivity index (χ2n) is 6.04. The number of oxazole rings is 1. The standard InChI is InChI=1S/C20H18Cl2N2O4/c21-15-3-1-2-13(8-15)6-7-23-10-14-4-5-16(22)18(9-14)27-12-19-24-17(11-28-19)20(25)26/h1-5,8-9,11,23H,6-7,10,12H2,(H,25,26). The maximum atomic E-state index is 10.8. The Bertz CT molecular complexity index is 959. The number of carboxylic acids is 1. The Morgan fingerprint density at radius 2 is 2.04 bits per heavy atom. The molecule has 0 aliphatic carbocycles. The van der Waals surface area contributed by atoms with E-state index in [2.05, 4.69) is 10.3 Å². The first kappa shape index (κ1) is 20.2. The fourth-order valence-corrected chi connectivity index (χ4v) is 2.93. The minimum absolute atomic E-state index is 0.0152. The molecule has 1 heterocycles. The molecular formula is C20H18Cl2N2O4. The molecule has 2 aromatic carbocycles. The maximum absolute atomic E-state index is 10.8. The number of nitrogens with zero attached hydrogens (tertiary/aromatic N) is 1. The quantitative estimate of drug-likeness (QED) is 0.492. The summed E-state index contributed by atoms with van der Waals surface area (Å²) in [6.45, 7) is 1.43. The van der Waals surface area contributed by atoms with Crippen molar-refractivity contribution in [2.45, 2.75) is 19.6 Å². The van der Waals surface area contributed by atoms with Crippen molar-refractivity contribution in [3.63, 3.8) is 0 Å². The molecule has 146 valence electrons. The number of aromatic carboxylic acids is 1. The van der Waals surface area contributed by atoms with E-state index in [1.165, 1.54) is 5.56 Å². The Kier molecular flexibility index (Phi) is 6.92. The van der Waals surface area contributed by atoms with Crippen molar-refractivity contribution in [2.75, 3.05) is 6.54 Å². The van der Waals surface area contributed by atoms with E-state index in [0.717, 1.165) is 29.8 Å². The van der Waals surface area contributed by atoms with Gasteiger partial charge in [-0.25, -0.2) is 9.78 Å². The second-order valence-corrected chi connectivity index (χ2v) is 6.89. The number of rotatable bonds is 9. The molecular weight excluding hydrogens is 403 g/mol. The molecule has 0 saturated heterocycles. The van der Waals surface area contributed by atoms with Gasteiger partial charge in [0.25, 0.3) is 0 Å². The van der Waals surface area contributed by atoms with Gasteiger partial charge in [-0.1, -0.05) is 41.4 Å². The average molecular weight is 421 g/mol. The molecule has 0 bridgehead atoms. The van der Waals surface area contributed by atoms with E-state index in [4.69, 9.17) is 37.5 Å². The van der Waals surface area contributed by atoms with E-state index in [9.17, 15) is 4.79 Å². The van der Waals surface area contributed by atoms with Gasteiger partial charge < -0.3 is 19.6 Å². The van der Waals surface area contributed by atoms with Crippen LogP contribution in [0.2, 0.25) is 10.0 Å². The summed E-state index contributed by atoms with van der Waals surface area (Å²) in [4.78, 5) is 14.6. The van der Waals surface area contributed by atoms with Crippen molar-refractivity contribution in [1.82, 2.24) is 10.3 Å². The van der Waals surface area contributed by atoms with E-state index in [-0.39, 0.29) is 18.2 Å². The van der Waals surface area contributed by atoms with Crippen LogP contribution in [0.4, 0.5) is 0 Å². The van der Waals surface area contributed by atoms with Gasteiger partial charge in [0.1, 0.15) is 12.0 Å². The van der Waals surface area contributed by atoms with Gasteiger partial charge in [-0.3, -0.25) is 0 Å². The first-order chi connectivity index (χ1) is 13.5. The largest absolute Gasteiger partial charge is 0.482 e. The number of halogens is 2. The van der Waals surface area contributed by atoms with E-state index in [0.29, 0.717) is 17.3 Å². The maximum Gasteiger partial charge on any atom is 0.357 e. The third-order valence-corrected chi connectivity index (χ3v) is 4.47. The smallest absolute Gasteiger partial charge is 0.357 e. The molecule has 0 aliphatic rings. The molecule has 3 aromatic rings. The zero-order valence-electron chi connectivity index (χ0n) is 14.8. The van der Waals surface area contributed by atoms with Crippen molar-refractivity contribution in [1.29, 1.82) is 0 Å². The van der Waals surface area contributed by atoms with E-state index in [1.54, 1.807) is 6.07 Å². The lowest BCUT2D eigenvalue weighted by Gasteiger charge is -2.10. The average Bonchev–Trinajstić information content (AvgIpc) is 3.15. The van der Waals surface area contributed by atoms with Crippen LogP contribution in [0.3, 0.4) is 0 Å². The number of ether oxygens (including phenoxy) is 1. The molecule has 0 saturated carbocycles. The Hall–Kier alpha value is -2.54. The van der Waals surface area contributed by atoms with Crippen LogP contribution in [0.25, 0.3) is 0 Å². The SMILES string of the molecule is O=C(O)c1coc(COc2cc(CNCCc3cccc(Cl)c3)ccc2Cl)n1. The Balaban J connectivity index is 1.51. The summed E-state index contributed by atoms with van der Waals surface area (Å²) >= 11 is 12.2. The molecule has 0 unspecified atom stereocenters. The highest BCUT2D eigenvalue weighted by Crippen LogP contribution is 2.26. The van der Waals surface area contributed by atoms with Crippen LogP contribution >= 0.6 is 23.2 Å². The van der Waals surface area contributed by atoms with Crippen molar-refractivity contribution >= 4 is 29.2 Å². The summed E-state index contributed by atoms with van der Waals surface area (Å²) in [5.74, 6) is -0.511. The minimum atomic E-state index is -1.15. The minimum Gasteiger partial charge on any atom is -0.482 e. The molecule has 6 nitrogen and oxygen atoms in total. The number of hydrogen-bond acceptors (Lipinski definition) is 5. The first-order valence-electron chi connectivity index (χ1n) is 8.55. The molecule has 8 heteroatoms. The van der Waals surface area contributed by atoms with Crippen molar-refractivity contribution in [3.8, 4) is 5.75 Å². The first-order valence-corrected chi connectivity index (χ1v) is 9.31. The summed E-state index contributed by atoms with van der Waals surface area (Å²) in [5, 5.41) is 13.4. The molecule has 0 atom stereocenters. The topological polar surface area (TPSA) is 84.6 Å². The summed E-state index contributed by atoms with van der Waals surface area (Å²) in [5.41, 5.74) is 2.01. The lowest BCUT2D eigenvalue weighted by atomic mass is 10.1. The van der Waals surface area contributed by atoms with Gasteiger partial charge in [-0.15, -0.1) is 0 Å². The van der Waals surface area contributed by atoms with E-state index < -0.39 is 5.97 Å². The van der Waals surface area contributed by atoms with Gasteiger partial charge >= 0.3 is 5.97 Å². The van der Waals surface area contributed by atoms with Crippen LogP contribution in [-0.2, 0) is 19.6 Å².